The SMILES string of the molecule is C[Si](C)(C)CC#CC(O)c1ccc(C(F)(F)F)cc1. The average molecular weight is 286 g/mol. The van der Waals surface area contributed by atoms with Crippen molar-refractivity contribution in [2.45, 2.75) is 38.0 Å². The van der Waals surface area contributed by atoms with Crippen LogP contribution in [0.15, 0.2) is 24.3 Å². The van der Waals surface area contributed by atoms with Gasteiger partial charge < -0.3 is 5.11 Å². The first-order valence-electron chi connectivity index (χ1n) is 5.93. The summed E-state index contributed by atoms with van der Waals surface area (Å²) in [7, 11) is -1.29. The molecule has 1 nitrogen and oxygen atoms in total. The zero-order valence-electron chi connectivity index (χ0n) is 11.2. The molecule has 0 heterocycles. The van der Waals surface area contributed by atoms with Gasteiger partial charge in [-0.05, 0) is 17.7 Å². The van der Waals surface area contributed by atoms with Crippen molar-refractivity contribution in [3.63, 3.8) is 0 Å². The van der Waals surface area contributed by atoms with Crippen LogP contribution in [0.2, 0.25) is 25.7 Å². The van der Waals surface area contributed by atoms with Crippen LogP contribution in [0, 0.1) is 11.8 Å². The summed E-state index contributed by atoms with van der Waals surface area (Å²) in [6, 6.07) is 5.19. The Labute approximate surface area is 112 Å². The van der Waals surface area contributed by atoms with Gasteiger partial charge in [-0.2, -0.15) is 13.2 Å². The van der Waals surface area contributed by atoms with E-state index in [1.807, 2.05) is 0 Å². The Balaban J connectivity index is 2.76. The maximum Gasteiger partial charge on any atom is 0.416 e. The minimum absolute atomic E-state index is 0.385. The van der Waals surface area contributed by atoms with Crippen LogP contribution >= 0.6 is 0 Å². The molecule has 0 aliphatic rings. The maximum absolute atomic E-state index is 12.4. The largest absolute Gasteiger partial charge is 0.416 e. The third kappa shape index (κ3) is 5.49. The van der Waals surface area contributed by atoms with Crippen LogP contribution < -0.4 is 0 Å². The van der Waals surface area contributed by atoms with Gasteiger partial charge in [0.25, 0.3) is 0 Å². The van der Waals surface area contributed by atoms with Gasteiger partial charge in [0, 0.05) is 6.04 Å². The summed E-state index contributed by atoms with van der Waals surface area (Å²) < 4.78 is 37.1. The van der Waals surface area contributed by atoms with Crippen LogP contribution in [0.5, 0.6) is 0 Å². The first kappa shape index (κ1) is 15.8. The molecule has 1 aromatic carbocycles. The second-order valence-electron chi connectivity index (χ2n) is 5.58. The van der Waals surface area contributed by atoms with Crippen LogP contribution in [-0.2, 0) is 6.18 Å². The molecule has 5 heteroatoms. The molecule has 104 valence electrons. The molecular weight excluding hydrogens is 269 g/mol. The van der Waals surface area contributed by atoms with Crippen molar-refractivity contribution >= 4 is 8.07 Å². The molecule has 0 radical (unpaired) electrons. The summed E-state index contributed by atoms with van der Waals surface area (Å²) in [5.41, 5.74) is -0.338. The van der Waals surface area contributed by atoms with Gasteiger partial charge in [-0.3, -0.25) is 0 Å². The van der Waals surface area contributed by atoms with E-state index in [2.05, 4.69) is 31.5 Å². The van der Waals surface area contributed by atoms with Gasteiger partial charge in [-0.1, -0.05) is 37.7 Å². The fraction of sp³-hybridized carbons (Fsp3) is 0.429. The maximum atomic E-state index is 12.4. The summed E-state index contributed by atoms with van der Waals surface area (Å²) in [4.78, 5) is 0. The summed E-state index contributed by atoms with van der Waals surface area (Å²) in [5.74, 6) is 5.58. The summed E-state index contributed by atoms with van der Waals surface area (Å²) in [5, 5.41) is 9.77. The Morgan fingerprint density at radius 3 is 2.11 bits per heavy atom. The molecule has 0 saturated heterocycles. The number of hydrogen-bond acceptors (Lipinski definition) is 1. The lowest BCUT2D eigenvalue weighted by Crippen LogP contribution is -2.17. The summed E-state index contributed by atoms with van der Waals surface area (Å²) >= 11 is 0. The summed E-state index contributed by atoms with van der Waals surface area (Å²) in [6.45, 7) is 6.48. The Bertz CT molecular complexity index is 475. The van der Waals surface area contributed by atoms with Gasteiger partial charge in [0.15, 0.2) is 0 Å². The van der Waals surface area contributed by atoms with E-state index in [0.717, 1.165) is 18.2 Å². The van der Waals surface area contributed by atoms with Crippen molar-refractivity contribution in [3.8, 4) is 11.8 Å². The third-order valence-electron chi connectivity index (χ3n) is 2.41. The Morgan fingerprint density at radius 2 is 1.68 bits per heavy atom. The lowest BCUT2D eigenvalue weighted by molar-refractivity contribution is -0.137. The van der Waals surface area contributed by atoms with Crippen LogP contribution in [0.3, 0.4) is 0 Å². The van der Waals surface area contributed by atoms with E-state index in [0.29, 0.717) is 5.56 Å². The van der Waals surface area contributed by atoms with Crippen LogP contribution in [0.1, 0.15) is 17.2 Å². The molecule has 0 aliphatic carbocycles. The Morgan fingerprint density at radius 1 is 1.16 bits per heavy atom. The van der Waals surface area contributed by atoms with Crippen LogP contribution in [0.25, 0.3) is 0 Å². The highest BCUT2D eigenvalue weighted by Crippen LogP contribution is 2.29. The minimum Gasteiger partial charge on any atom is -0.376 e. The second kappa shape index (κ2) is 5.80. The first-order chi connectivity index (χ1) is 8.59. The fourth-order valence-electron chi connectivity index (χ4n) is 1.35. The molecule has 1 atom stereocenters. The van der Waals surface area contributed by atoms with Crippen molar-refractivity contribution in [1.29, 1.82) is 0 Å². The van der Waals surface area contributed by atoms with Crippen molar-refractivity contribution in [2.24, 2.45) is 0 Å². The van der Waals surface area contributed by atoms with Gasteiger partial charge >= 0.3 is 6.18 Å². The fourth-order valence-corrected chi connectivity index (χ4v) is 1.98. The quantitative estimate of drug-likeness (QED) is 0.641. The second-order valence-corrected chi connectivity index (χ2v) is 11.1. The van der Waals surface area contributed by atoms with E-state index in [1.54, 1.807) is 0 Å². The molecule has 1 rings (SSSR count). The molecule has 0 saturated carbocycles. The molecule has 1 aromatic rings. The van der Waals surface area contributed by atoms with E-state index in [1.165, 1.54) is 12.1 Å². The first-order valence-corrected chi connectivity index (χ1v) is 9.64. The zero-order chi connectivity index (χ0) is 14.7. The number of alkyl halides is 3. The number of halogens is 3. The number of rotatable bonds is 2. The molecule has 19 heavy (non-hydrogen) atoms. The van der Waals surface area contributed by atoms with E-state index in [4.69, 9.17) is 0 Å². The minimum atomic E-state index is -4.35. The molecule has 0 amide bonds. The van der Waals surface area contributed by atoms with E-state index in [-0.39, 0.29) is 0 Å². The van der Waals surface area contributed by atoms with Gasteiger partial charge in [0.2, 0.25) is 0 Å². The van der Waals surface area contributed by atoms with Crippen LogP contribution in [-0.4, -0.2) is 13.2 Å². The Kier molecular flexibility index (Phi) is 4.83. The highest BCUT2D eigenvalue weighted by atomic mass is 28.3. The van der Waals surface area contributed by atoms with E-state index < -0.39 is 25.9 Å². The molecule has 0 bridgehead atoms. The van der Waals surface area contributed by atoms with Crippen molar-refractivity contribution in [2.75, 3.05) is 0 Å². The van der Waals surface area contributed by atoms with E-state index >= 15 is 0 Å². The smallest absolute Gasteiger partial charge is 0.376 e. The molecule has 0 aromatic heterocycles. The molecular formula is C14H17F3OSi. The highest BCUT2D eigenvalue weighted by Gasteiger charge is 2.30. The predicted molar refractivity (Wildman–Crippen MR) is 72.3 cm³/mol. The zero-order valence-corrected chi connectivity index (χ0v) is 12.2. The molecule has 1 N–H and O–H groups in total. The number of hydrogen-bond donors (Lipinski definition) is 1. The lowest BCUT2D eigenvalue weighted by Gasteiger charge is -2.10. The molecule has 0 fully saturated rings. The van der Waals surface area contributed by atoms with Crippen molar-refractivity contribution in [3.05, 3.63) is 35.4 Å². The summed E-state index contributed by atoms with van der Waals surface area (Å²) in [6.07, 6.45) is -5.38. The third-order valence-corrected chi connectivity index (χ3v) is 3.65. The van der Waals surface area contributed by atoms with Crippen molar-refractivity contribution in [1.82, 2.24) is 0 Å². The standard InChI is InChI=1S/C14H17F3OSi/c1-19(2,3)10-4-5-13(18)11-6-8-12(9-7-11)14(15,16)17/h6-9,13,18H,10H2,1-3H3. The normalized spacial score (nSPS) is 13.6. The average Bonchev–Trinajstić information content (AvgIpc) is 2.26. The van der Waals surface area contributed by atoms with Crippen LogP contribution in [0.4, 0.5) is 13.2 Å². The molecule has 1 unspecified atom stereocenters. The lowest BCUT2D eigenvalue weighted by atomic mass is 10.1. The van der Waals surface area contributed by atoms with Gasteiger partial charge in [-0.15, -0.1) is 5.92 Å². The highest BCUT2D eigenvalue weighted by molar-refractivity contribution is 6.76. The topological polar surface area (TPSA) is 20.2 Å². The number of aliphatic hydroxyl groups excluding tert-OH is 1. The van der Waals surface area contributed by atoms with E-state index in [9.17, 15) is 18.3 Å². The Hall–Kier alpha value is -1.25. The number of benzene rings is 1. The van der Waals surface area contributed by atoms with Gasteiger partial charge in [-0.25, -0.2) is 0 Å². The van der Waals surface area contributed by atoms with Gasteiger partial charge in [0.1, 0.15) is 6.10 Å². The predicted octanol–water partition coefficient (Wildman–Crippen LogP) is 4.08. The molecule has 0 spiro atoms. The molecule has 0 aliphatic heterocycles. The van der Waals surface area contributed by atoms with Gasteiger partial charge in [0.05, 0.1) is 13.6 Å². The van der Waals surface area contributed by atoms with Crippen molar-refractivity contribution < 1.29 is 18.3 Å². The monoisotopic (exact) mass is 286 g/mol. The number of aliphatic hydroxyl groups is 1.